The van der Waals surface area contributed by atoms with Crippen molar-refractivity contribution in [1.82, 2.24) is 5.32 Å². The number of aryl methyl sites for hydroxylation is 1. The van der Waals surface area contributed by atoms with Gasteiger partial charge in [0.15, 0.2) is 0 Å². The summed E-state index contributed by atoms with van der Waals surface area (Å²) in [5.74, 6) is -0.861. The van der Waals surface area contributed by atoms with E-state index in [-0.39, 0.29) is 30.4 Å². The molecule has 1 aromatic rings. The van der Waals surface area contributed by atoms with Crippen LogP contribution in [0.4, 0.5) is 4.39 Å². The third-order valence-electron chi connectivity index (χ3n) is 2.43. The predicted molar refractivity (Wildman–Crippen MR) is 67.3 cm³/mol. The molecule has 0 aliphatic rings. The maximum absolute atomic E-state index is 13.2. The number of amides is 1. The van der Waals surface area contributed by atoms with Crippen LogP contribution in [0.1, 0.15) is 17.5 Å². The first-order valence-corrected chi connectivity index (χ1v) is 7.53. The summed E-state index contributed by atoms with van der Waals surface area (Å²) in [5, 5.41) is 2.55. The lowest BCUT2D eigenvalue weighted by atomic mass is 10.1. The predicted octanol–water partition coefficient (Wildman–Crippen LogP) is 1.19. The highest BCUT2D eigenvalue weighted by Gasteiger charge is 2.08. The summed E-state index contributed by atoms with van der Waals surface area (Å²) in [6, 6.07) is 4.70. The second-order valence-corrected chi connectivity index (χ2v) is 6.50. The lowest BCUT2D eigenvalue weighted by molar-refractivity contribution is -0.120. The molecule has 100 valence electrons. The van der Waals surface area contributed by atoms with Crippen molar-refractivity contribution in [2.45, 2.75) is 19.9 Å². The van der Waals surface area contributed by atoms with Gasteiger partial charge in [-0.2, -0.15) is 0 Å². The van der Waals surface area contributed by atoms with Crippen LogP contribution in [0.15, 0.2) is 18.2 Å². The summed E-state index contributed by atoms with van der Waals surface area (Å²) in [5.41, 5.74) is 1.19. The molecule has 0 atom stereocenters. The molecule has 0 radical (unpaired) electrons. The molecule has 4 nitrogen and oxygen atoms in total. The highest BCUT2D eigenvalue weighted by Crippen LogP contribution is 2.08. The standard InChI is InChI=1S/C12H16FNO3S/c1-9-3-4-10(7-11(9)13)8-14-12(15)5-6-18(2,16)17/h3-4,7H,5-6,8H2,1-2H3,(H,14,15). The van der Waals surface area contributed by atoms with E-state index in [2.05, 4.69) is 5.32 Å². The number of nitrogens with one attached hydrogen (secondary N) is 1. The van der Waals surface area contributed by atoms with Gasteiger partial charge in [-0.15, -0.1) is 0 Å². The van der Waals surface area contributed by atoms with Gasteiger partial charge < -0.3 is 5.32 Å². The highest BCUT2D eigenvalue weighted by atomic mass is 32.2. The Morgan fingerprint density at radius 2 is 2.06 bits per heavy atom. The van der Waals surface area contributed by atoms with Gasteiger partial charge in [-0.05, 0) is 24.1 Å². The molecule has 0 aliphatic heterocycles. The van der Waals surface area contributed by atoms with Crippen LogP contribution in [0.25, 0.3) is 0 Å². The van der Waals surface area contributed by atoms with Gasteiger partial charge in [0, 0.05) is 19.2 Å². The highest BCUT2D eigenvalue weighted by molar-refractivity contribution is 7.90. The van der Waals surface area contributed by atoms with Gasteiger partial charge in [0.1, 0.15) is 15.7 Å². The average Bonchev–Trinajstić information content (AvgIpc) is 2.27. The fourth-order valence-corrected chi connectivity index (χ4v) is 1.87. The van der Waals surface area contributed by atoms with Gasteiger partial charge in [-0.1, -0.05) is 12.1 Å². The number of halogens is 1. The minimum atomic E-state index is -3.14. The lowest BCUT2D eigenvalue weighted by Gasteiger charge is -2.06. The van der Waals surface area contributed by atoms with E-state index in [1.807, 2.05) is 0 Å². The van der Waals surface area contributed by atoms with Gasteiger partial charge in [-0.3, -0.25) is 4.79 Å². The van der Waals surface area contributed by atoms with Gasteiger partial charge in [0.25, 0.3) is 0 Å². The Balaban J connectivity index is 2.45. The SMILES string of the molecule is Cc1ccc(CNC(=O)CCS(C)(=O)=O)cc1F. The van der Waals surface area contributed by atoms with E-state index in [0.29, 0.717) is 11.1 Å². The summed E-state index contributed by atoms with van der Waals surface area (Å²) >= 11 is 0. The minimum Gasteiger partial charge on any atom is -0.352 e. The van der Waals surface area contributed by atoms with Crippen molar-refractivity contribution >= 4 is 15.7 Å². The number of carbonyl (C=O) groups excluding carboxylic acids is 1. The number of carbonyl (C=O) groups is 1. The van der Waals surface area contributed by atoms with E-state index >= 15 is 0 Å². The van der Waals surface area contributed by atoms with E-state index in [9.17, 15) is 17.6 Å². The Morgan fingerprint density at radius 1 is 1.39 bits per heavy atom. The zero-order chi connectivity index (χ0) is 13.8. The molecule has 1 N–H and O–H groups in total. The molecule has 0 saturated heterocycles. The summed E-state index contributed by atoms with van der Waals surface area (Å²) in [6.45, 7) is 1.85. The normalized spacial score (nSPS) is 11.3. The van der Waals surface area contributed by atoms with Crippen molar-refractivity contribution in [3.63, 3.8) is 0 Å². The van der Waals surface area contributed by atoms with Crippen molar-refractivity contribution in [2.24, 2.45) is 0 Å². The first-order chi connectivity index (χ1) is 8.28. The molecule has 1 aromatic carbocycles. The third kappa shape index (κ3) is 5.27. The van der Waals surface area contributed by atoms with Crippen molar-refractivity contribution in [2.75, 3.05) is 12.0 Å². The van der Waals surface area contributed by atoms with E-state index in [4.69, 9.17) is 0 Å². The Hall–Kier alpha value is -1.43. The fourth-order valence-electron chi connectivity index (χ4n) is 1.31. The second kappa shape index (κ2) is 5.95. The van der Waals surface area contributed by atoms with Crippen molar-refractivity contribution < 1.29 is 17.6 Å². The smallest absolute Gasteiger partial charge is 0.221 e. The largest absolute Gasteiger partial charge is 0.352 e. The summed E-state index contributed by atoms with van der Waals surface area (Å²) in [7, 11) is -3.14. The van der Waals surface area contributed by atoms with Crippen LogP contribution in [0.2, 0.25) is 0 Å². The Labute approximate surface area is 106 Å². The maximum atomic E-state index is 13.2. The summed E-state index contributed by atoms with van der Waals surface area (Å²) in [6.07, 6.45) is 1.00. The van der Waals surface area contributed by atoms with Crippen LogP contribution < -0.4 is 5.32 Å². The molecule has 0 aromatic heterocycles. The molecule has 1 rings (SSSR count). The van der Waals surface area contributed by atoms with Crippen molar-refractivity contribution in [3.8, 4) is 0 Å². The third-order valence-corrected chi connectivity index (χ3v) is 3.37. The minimum absolute atomic E-state index is 0.0762. The molecule has 0 saturated carbocycles. The molecule has 0 aliphatic carbocycles. The fraction of sp³-hybridized carbons (Fsp3) is 0.417. The first-order valence-electron chi connectivity index (χ1n) is 5.47. The molecule has 18 heavy (non-hydrogen) atoms. The van der Waals surface area contributed by atoms with E-state index in [1.54, 1.807) is 19.1 Å². The van der Waals surface area contributed by atoms with Crippen LogP contribution in [0, 0.1) is 12.7 Å². The van der Waals surface area contributed by atoms with Crippen LogP contribution >= 0.6 is 0 Å². The summed E-state index contributed by atoms with van der Waals surface area (Å²) in [4.78, 5) is 11.3. The van der Waals surface area contributed by atoms with Crippen molar-refractivity contribution in [1.29, 1.82) is 0 Å². The first kappa shape index (κ1) is 14.6. The number of hydrogen-bond donors (Lipinski definition) is 1. The second-order valence-electron chi connectivity index (χ2n) is 4.24. The number of rotatable bonds is 5. The zero-order valence-electron chi connectivity index (χ0n) is 10.4. The van der Waals surface area contributed by atoms with Crippen LogP contribution in [0.5, 0.6) is 0 Å². The topological polar surface area (TPSA) is 63.2 Å². The van der Waals surface area contributed by atoms with Gasteiger partial charge >= 0.3 is 0 Å². The lowest BCUT2D eigenvalue weighted by Crippen LogP contribution is -2.25. The monoisotopic (exact) mass is 273 g/mol. The maximum Gasteiger partial charge on any atom is 0.221 e. The van der Waals surface area contributed by atoms with Crippen LogP contribution in [0.3, 0.4) is 0 Å². The van der Waals surface area contributed by atoms with E-state index in [1.165, 1.54) is 6.07 Å². The molecule has 0 heterocycles. The Kier molecular flexibility index (Phi) is 4.84. The molecule has 0 bridgehead atoms. The molecule has 1 amide bonds. The van der Waals surface area contributed by atoms with Gasteiger partial charge in [-0.25, -0.2) is 12.8 Å². The van der Waals surface area contributed by atoms with E-state index < -0.39 is 9.84 Å². The molecule has 0 fully saturated rings. The van der Waals surface area contributed by atoms with Gasteiger partial charge in [0.05, 0.1) is 5.75 Å². The number of sulfone groups is 1. The molecule has 0 spiro atoms. The van der Waals surface area contributed by atoms with E-state index in [0.717, 1.165) is 6.26 Å². The number of benzene rings is 1. The number of hydrogen-bond acceptors (Lipinski definition) is 3. The molecular formula is C12H16FNO3S. The Bertz CT molecular complexity index is 540. The molecule has 0 unspecified atom stereocenters. The van der Waals surface area contributed by atoms with Gasteiger partial charge in [0.2, 0.25) is 5.91 Å². The average molecular weight is 273 g/mol. The quantitative estimate of drug-likeness (QED) is 0.876. The molecule has 6 heteroatoms. The van der Waals surface area contributed by atoms with Crippen LogP contribution in [-0.2, 0) is 21.2 Å². The summed E-state index contributed by atoms with van der Waals surface area (Å²) < 4.78 is 34.9. The van der Waals surface area contributed by atoms with Crippen LogP contribution in [-0.4, -0.2) is 26.3 Å². The van der Waals surface area contributed by atoms with Crippen molar-refractivity contribution in [3.05, 3.63) is 35.1 Å². The Morgan fingerprint density at radius 3 is 2.61 bits per heavy atom. The zero-order valence-corrected chi connectivity index (χ0v) is 11.2. The molecular weight excluding hydrogens is 257 g/mol.